The van der Waals surface area contributed by atoms with E-state index in [0.29, 0.717) is 17.3 Å². The van der Waals surface area contributed by atoms with Crippen LogP contribution in [0.3, 0.4) is 0 Å². The first-order valence-corrected chi connectivity index (χ1v) is 10.1. The first-order valence-electron chi connectivity index (χ1n) is 10.1. The first kappa shape index (κ1) is 18.2. The number of benzene rings is 1. The van der Waals surface area contributed by atoms with Crippen LogP contribution in [-0.4, -0.2) is 66.3 Å². The molecule has 1 aliphatic carbocycles. The number of aliphatic hydroxyl groups is 2. The summed E-state index contributed by atoms with van der Waals surface area (Å²) in [6.07, 6.45) is 2.59. The Morgan fingerprint density at radius 3 is 2.86 bits per heavy atom. The summed E-state index contributed by atoms with van der Waals surface area (Å²) in [5.74, 6) is -0.629. The number of allylic oxidation sites excluding steroid dienone is 1. The molecular weight excluding hydrogens is 356 g/mol. The van der Waals surface area contributed by atoms with Gasteiger partial charge in [-0.1, -0.05) is 24.3 Å². The lowest BCUT2D eigenvalue weighted by molar-refractivity contribution is -0.944. The van der Waals surface area contributed by atoms with Crippen LogP contribution in [0.25, 0.3) is 0 Å². The molecule has 6 heteroatoms. The number of quaternary nitrogens is 1. The van der Waals surface area contributed by atoms with Gasteiger partial charge >= 0.3 is 5.97 Å². The average molecular weight is 385 g/mol. The number of methoxy groups -OCH3 is 1. The van der Waals surface area contributed by atoms with Gasteiger partial charge in [0.15, 0.2) is 0 Å². The highest BCUT2D eigenvalue weighted by molar-refractivity contribution is 5.85. The predicted molar refractivity (Wildman–Crippen MR) is 104 cm³/mol. The van der Waals surface area contributed by atoms with E-state index in [2.05, 4.69) is 24.5 Å². The maximum Gasteiger partial charge on any atom is 0.316 e. The molecule has 0 radical (unpaired) electrons. The highest BCUT2D eigenvalue weighted by atomic mass is 16.5. The maximum absolute atomic E-state index is 13.5. The van der Waals surface area contributed by atoms with Crippen LogP contribution >= 0.6 is 0 Å². The SMILES string of the molecule is CC=C1C[N+]2(C)CC[C@@]34c5ccccc5NC32C(O)C[C@H]1C4(CO)C(=O)OC. The Bertz CT molecular complexity index is 900. The van der Waals surface area contributed by atoms with Gasteiger partial charge in [-0.25, -0.2) is 0 Å². The Hall–Kier alpha value is -1.89. The van der Waals surface area contributed by atoms with Gasteiger partial charge in [0, 0.05) is 18.0 Å². The van der Waals surface area contributed by atoms with E-state index in [1.54, 1.807) is 0 Å². The molecule has 4 fully saturated rings. The Balaban J connectivity index is 1.96. The van der Waals surface area contributed by atoms with E-state index in [4.69, 9.17) is 4.74 Å². The summed E-state index contributed by atoms with van der Waals surface area (Å²) in [6, 6.07) is 8.04. The third kappa shape index (κ3) is 1.52. The lowest BCUT2D eigenvalue weighted by Crippen LogP contribution is -2.78. The summed E-state index contributed by atoms with van der Waals surface area (Å²) in [5, 5.41) is 26.2. The summed E-state index contributed by atoms with van der Waals surface area (Å²) >= 11 is 0. The molecule has 1 saturated carbocycles. The number of ether oxygens (including phenoxy) is 1. The van der Waals surface area contributed by atoms with Gasteiger partial charge in [0.25, 0.3) is 0 Å². The maximum atomic E-state index is 13.5. The molecule has 6 rings (SSSR count). The fourth-order valence-corrected chi connectivity index (χ4v) is 7.70. The van der Waals surface area contributed by atoms with Crippen LogP contribution in [0, 0.1) is 11.3 Å². The van der Waals surface area contributed by atoms with Gasteiger partial charge in [0.05, 0.1) is 32.7 Å². The number of nitrogens with one attached hydrogen (secondary N) is 1. The van der Waals surface area contributed by atoms with E-state index in [9.17, 15) is 15.0 Å². The van der Waals surface area contributed by atoms with Crippen molar-refractivity contribution in [1.82, 2.24) is 0 Å². The molecule has 0 aromatic heterocycles. The fraction of sp³-hybridized carbons (Fsp3) is 0.591. The number of rotatable bonds is 2. The van der Waals surface area contributed by atoms with Crippen LogP contribution in [-0.2, 0) is 14.9 Å². The minimum Gasteiger partial charge on any atom is -0.468 e. The van der Waals surface area contributed by atoms with E-state index in [1.807, 2.05) is 25.1 Å². The molecule has 3 N–H and O–H groups in total. The van der Waals surface area contributed by atoms with E-state index in [1.165, 1.54) is 7.11 Å². The number of carbonyl (C=O) groups is 1. The molecule has 3 saturated heterocycles. The minimum absolute atomic E-state index is 0.258. The molecule has 1 aromatic rings. The molecule has 150 valence electrons. The van der Waals surface area contributed by atoms with Crippen LogP contribution in [0.1, 0.15) is 25.3 Å². The summed E-state index contributed by atoms with van der Waals surface area (Å²) in [5.41, 5.74) is 0.476. The van der Waals surface area contributed by atoms with Crippen LogP contribution in [0.2, 0.25) is 0 Å². The van der Waals surface area contributed by atoms with Crippen molar-refractivity contribution >= 4 is 11.7 Å². The van der Waals surface area contributed by atoms with Crippen LogP contribution < -0.4 is 5.32 Å². The average Bonchev–Trinajstić information content (AvgIpc) is 3.12. The van der Waals surface area contributed by atoms with Gasteiger partial charge in [-0.05, 0) is 30.5 Å². The lowest BCUT2D eigenvalue weighted by atomic mass is 9.45. The number of nitrogens with zero attached hydrogens (tertiary/aromatic N) is 1. The topological polar surface area (TPSA) is 78.8 Å². The summed E-state index contributed by atoms with van der Waals surface area (Å²) < 4.78 is 5.98. The lowest BCUT2D eigenvalue weighted by Gasteiger charge is -2.58. The number of aliphatic hydroxyl groups excluding tert-OH is 2. The Labute approximate surface area is 165 Å². The first-order chi connectivity index (χ1) is 13.4. The Morgan fingerprint density at radius 2 is 2.18 bits per heavy atom. The second kappa shape index (κ2) is 5.38. The molecule has 4 aliphatic heterocycles. The van der Waals surface area contributed by atoms with Crippen LogP contribution in [0.15, 0.2) is 35.9 Å². The third-order valence-electron chi connectivity index (χ3n) is 8.64. The zero-order valence-electron chi connectivity index (χ0n) is 16.7. The van der Waals surface area contributed by atoms with Gasteiger partial charge in [0.2, 0.25) is 5.66 Å². The molecule has 28 heavy (non-hydrogen) atoms. The summed E-state index contributed by atoms with van der Waals surface area (Å²) in [7, 11) is 3.59. The smallest absolute Gasteiger partial charge is 0.316 e. The molecule has 1 spiro atoms. The van der Waals surface area contributed by atoms with E-state index >= 15 is 0 Å². The summed E-state index contributed by atoms with van der Waals surface area (Å²) in [4.78, 5) is 13.5. The molecule has 0 amide bonds. The monoisotopic (exact) mass is 385 g/mol. The van der Waals surface area contributed by atoms with Crippen molar-refractivity contribution in [2.24, 2.45) is 11.3 Å². The molecule has 4 bridgehead atoms. The van der Waals surface area contributed by atoms with Gasteiger partial charge in [0.1, 0.15) is 18.1 Å². The third-order valence-corrected chi connectivity index (χ3v) is 8.64. The van der Waals surface area contributed by atoms with Crippen molar-refractivity contribution in [3.63, 3.8) is 0 Å². The number of hydrogen-bond donors (Lipinski definition) is 3. The highest BCUT2D eigenvalue weighted by Crippen LogP contribution is 2.74. The molecule has 5 aliphatic rings. The number of esters is 1. The Kier molecular flexibility index (Phi) is 3.49. The zero-order chi connectivity index (χ0) is 19.9. The van der Waals surface area contributed by atoms with Crippen LogP contribution in [0.5, 0.6) is 0 Å². The van der Waals surface area contributed by atoms with Crippen molar-refractivity contribution < 1.29 is 24.2 Å². The van der Waals surface area contributed by atoms with E-state index < -0.39 is 22.6 Å². The van der Waals surface area contributed by atoms with Crippen molar-refractivity contribution in [2.45, 2.75) is 36.9 Å². The van der Waals surface area contributed by atoms with Gasteiger partial charge in [-0.3, -0.25) is 9.28 Å². The van der Waals surface area contributed by atoms with Crippen molar-refractivity contribution in [2.75, 3.05) is 39.2 Å². The molecule has 4 heterocycles. The van der Waals surface area contributed by atoms with Crippen molar-refractivity contribution in [3.8, 4) is 0 Å². The van der Waals surface area contributed by atoms with Crippen molar-refractivity contribution in [3.05, 3.63) is 41.5 Å². The normalized spacial score (nSPS) is 46.7. The molecule has 6 nitrogen and oxygen atoms in total. The predicted octanol–water partition coefficient (Wildman–Crippen LogP) is 1.39. The van der Waals surface area contributed by atoms with Gasteiger partial charge in [-0.15, -0.1) is 0 Å². The fourth-order valence-electron chi connectivity index (χ4n) is 7.70. The van der Waals surface area contributed by atoms with Crippen molar-refractivity contribution in [1.29, 1.82) is 0 Å². The number of hydrogen-bond acceptors (Lipinski definition) is 5. The van der Waals surface area contributed by atoms with E-state index in [-0.39, 0.29) is 18.5 Å². The van der Waals surface area contributed by atoms with Gasteiger partial charge < -0.3 is 20.3 Å². The number of likely N-dealkylation sites (N-methyl/N-ethyl adjacent to an activating group) is 1. The highest BCUT2D eigenvalue weighted by Gasteiger charge is 2.88. The molecule has 6 atom stereocenters. The standard InChI is InChI=1S/C22H29N2O4/c1-4-14-12-24(2)10-9-21-15-7-5-6-8-17(15)23-22(21,24)18(26)11-16(14)20(21,13-25)19(27)28-3/h4-8,16,18,23,25-26H,9-13H2,1-3H3/q+1/t16-,18?,20?,21+,22?,24?/m1/s1. The Morgan fingerprint density at radius 1 is 1.43 bits per heavy atom. The number of para-hydroxylation sites is 1. The molecule has 1 aromatic carbocycles. The van der Waals surface area contributed by atoms with Crippen LogP contribution in [0.4, 0.5) is 5.69 Å². The minimum atomic E-state index is -1.13. The van der Waals surface area contributed by atoms with E-state index in [0.717, 1.165) is 29.9 Å². The largest absolute Gasteiger partial charge is 0.468 e. The second-order valence-corrected chi connectivity index (χ2v) is 9.16. The quantitative estimate of drug-likeness (QED) is 0.407. The number of fused-ring (bicyclic) bond motifs is 3. The number of carbonyl (C=O) groups excluding carboxylic acids is 1. The number of anilines is 1. The van der Waals surface area contributed by atoms with Gasteiger partial charge in [-0.2, -0.15) is 0 Å². The molecule has 4 unspecified atom stereocenters. The second-order valence-electron chi connectivity index (χ2n) is 9.16. The zero-order valence-corrected chi connectivity index (χ0v) is 16.7. The molecular formula is C22H29N2O4+. The summed E-state index contributed by atoms with van der Waals surface area (Å²) in [6.45, 7) is 3.26.